The third kappa shape index (κ3) is 2.68. The molecule has 0 bridgehead atoms. The number of hydrogen-bond donors (Lipinski definition) is 1. The van der Waals surface area contributed by atoms with Gasteiger partial charge >= 0.3 is 12.3 Å². The lowest BCUT2D eigenvalue weighted by molar-refractivity contribution is -0.137. The number of hydrogen-bond acceptors (Lipinski definition) is 3. The molecule has 0 aliphatic rings. The molecule has 0 unspecified atom stereocenters. The molecule has 20 heavy (non-hydrogen) atoms. The first-order valence-corrected chi connectivity index (χ1v) is 5.61. The second kappa shape index (κ2) is 5.40. The number of alkyl halides is 4. The van der Waals surface area contributed by atoms with E-state index in [9.17, 15) is 17.6 Å². The van der Waals surface area contributed by atoms with Crippen LogP contribution in [-0.4, -0.2) is 16.6 Å². The van der Waals surface area contributed by atoms with Gasteiger partial charge in [0.1, 0.15) is 5.69 Å². The summed E-state index contributed by atoms with van der Waals surface area (Å²) >= 11 is 0. The van der Waals surface area contributed by atoms with E-state index in [1.165, 1.54) is 6.92 Å². The van der Waals surface area contributed by atoms with Crippen LogP contribution in [0.15, 0.2) is 40.6 Å². The quantitative estimate of drug-likeness (QED) is 0.653. The number of nitrogens with zero attached hydrogens (tertiary/aromatic N) is 3. The van der Waals surface area contributed by atoms with Crippen LogP contribution in [0.25, 0.3) is 0 Å². The van der Waals surface area contributed by atoms with Crippen LogP contribution in [0.2, 0.25) is 0 Å². The monoisotopic (exact) mass is 286 g/mol. The molecule has 0 fully saturated rings. The molecule has 0 aliphatic carbocycles. The summed E-state index contributed by atoms with van der Waals surface area (Å²) < 4.78 is 51.4. The van der Waals surface area contributed by atoms with Crippen molar-refractivity contribution in [2.45, 2.75) is 19.3 Å². The van der Waals surface area contributed by atoms with Gasteiger partial charge in [-0.1, -0.05) is 18.2 Å². The fraction of sp³-hybridized carbons (Fsp3) is 0.250. The van der Waals surface area contributed by atoms with Crippen LogP contribution >= 0.6 is 0 Å². The molecule has 8 heteroatoms. The maximum atomic E-state index is 13.3. The number of aromatic nitrogens is 2. The molecule has 0 amide bonds. The Balaban J connectivity index is 2.38. The number of azo groups is 1. The third-order valence-electron chi connectivity index (χ3n) is 2.53. The summed E-state index contributed by atoms with van der Waals surface area (Å²) in [5.41, 5.74) is -0.928. The van der Waals surface area contributed by atoms with Crippen molar-refractivity contribution in [2.24, 2.45) is 10.2 Å². The van der Waals surface area contributed by atoms with E-state index < -0.39 is 18.0 Å². The molecule has 106 valence electrons. The molecule has 0 saturated heterocycles. The Morgan fingerprint density at radius 1 is 1.15 bits per heavy atom. The molecule has 0 spiro atoms. The minimum atomic E-state index is -4.38. The molecule has 0 atom stereocenters. The van der Waals surface area contributed by atoms with Crippen LogP contribution in [0.3, 0.4) is 0 Å². The lowest BCUT2D eigenvalue weighted by Gasteiger charge is -2.12. The van der Waals surface area contributed by atoms with Crippen molar-refractivity contribution in [1.82, 2.24) is 10.2 Å². The Hall–Kier alpha value is -2.25. The summed E-state index contributed by atoms with van der Waals surface area (Å²) in [4.78, 5) is 0. The van der Waals surface area contributed by atoms with Crippen molar-refractivity contribution >= 4 is 11.4 Å². The Kier molecular flexibility index (Phi) is 3.82. The third-order valence-corrected chi connectivity index (χ3v) is 2.53. The molecule has 0 aliphatic heterocycles. The molecule has 1 heterocycles. The molecular formula is C12H10F4N4. The van der Waals surface area contributed by atoms with Gasteiger partial charge in [-0.2, -0.15) is 19.0 Å². The largest absolute Gasteiger partial charge is 0.352 e. The summed E-state index contributed by atoms with van der Waals surface area (Å²) in [5.74, 6) is -4.38. The van der Waals surface area contributed by atoms with Crippen molar-refractivity contribution in [3.63, 3.8) is 0 Å². The van der Waals surface area contributed by atoms with Gasteiger partial charge in [0.2, 0.25) is 0 Å². The molecule has 1 aromatic carbocycles. The van der Waals surface area contributed by atoms with Crippen LogP contribution in [-0.2, 0) is 5.92 Å². The highest BCUT2D eigenvalue weighted by molar-refractivity contribution is 5.49. The van der Waals surface area contributed by atoms with Crippen LogP contribution in [0.5, 0.6) is 0 Å². The molecule has 4 nitrogen and oxygen atoms in total. The fourth-order valence-electron chi connectivity index (χ4n) is 1.48. The van der Waals surface area contributed by atoms with E-state index in [2.05, 4.69) is 20.4 Å². The average Bonchev–Trinajstić information content (AvgIpc) is 2.79. The van der Waals surface area contributed by atoms with E-state index in [4.69, 9.17) is 0 Å². The number of benzene rings is 1. The van der Waals surface area contributed by atoms with Gasteiger partial charge in [-0.25, -0.2) is 8.78 Å². The van der Waals surface area contributed by atoms with E-state index in [-0.39, 0.29) is 11.4 Å². The number of aromatic amines is 1. The molecule has 1 aromatic heterocycles. The first kappa shape index (κ1) is 14.2. The van der Waals surface area contributed by atoms with Crippen molar-refractivity contribution in [2.75, 3.05) is 0 Å². The van der Waals surface area contributed by atoms with Crippen LogP contribution < -0.4 is 0 Å². The zero-order valence-corrected chi connectivity index (χ0v) is 10.3. The Bertz CT molecular complexity index is 607. The highest BCUT2D eigenvalue weighted by Crippen LogP contribution is 2.40. The van der Waals surface area contributed by atoms with Gasteiger partial charge in [-0.05, 0) is 19.1 Å². The first-order valence-electron chi connectivity index (χ1n) is 5.61. The zero-order chi connectivity index (χ0) is 14.8. The summed E-state index contributed by atoms with van der Waals surface area (Å²) in [6.45, 7) is 1.40. The van der Waals surface area contributed by atoms with E-state index >= 15 is 0 Å². The van der Waals surface area contributed by atoms with Crippen LogP contribution in [0.4, 0.5) is 28.9 Å². The van der Waals surface area contributed by atoms with Gasteiger partial charge < -0.3 is 0 Å². The second-order valence-corrected chi connectivity index (χ2v) is 4.01. The van der Waals surface area contributed by atoms with E-state index in [1.807, 2.05) is 0 Å². The fourth-order valence-corrected chi connectivity index (χ4v) is 1.48. The van der Waals surface area contributed by atoms with Crippen molar-refractivity contribution in [3.05, 3.63) is 41.7 Å². The van der Waals surface area contributed by atoms with Gasteiger partial charge in [-0.3, -0.25) is 5.10 Å². The van der Waals surface area contributed by atoms with Gasteiger partial charge in [-0.15, -0.1) is 5.11 Å². The molecule has 1 N–H and O–H groups in total. The minimum absolute atomic E-state index is 0.139. The minimum Gasteiger partial charge on any atom is -0.280 e. The normalized spacial score (nSPS) is 12.5. The number of aryl methyl sites for hydroxylation is 1. The molecular weight excluding hydrogens is 276 g/mol. The molecule has 0 saturated carbocycles. The SMILES string of the molecule is Cc1[nH]nc(C(F)(F)C(F)F)c1N=Nc1ccccc1. The van der Waals surface area contributed by atoms with Crippen molar-refractivity contribution < 1.29 is 17.6 Å². The standard InChI is InChI=1S/C12H10F4N4/c1-7-9(19-18-8-5-3-2-4-6-8)10(20-17-7)12(15,16)11(13)14/h2-6,11H,1H3,(H,17,20). The summed E-state index contributed by atoms with van der Waals surface area (Å²) in [6.07, 6.45) is -3.86. The lowest BCUT2D eigenvalue weighted by atomic mass is 10.2. The Morgan fingerprint density at radius 3 is 2.40 bits per heavy atom. The smallest absolute Gasteiger partial charge is 0.280 e. The zero-order valence-electron chi connectivity index (χ0n) is 10.3. The maximum Gasteiger partial charge on any atom is 0.352 e. The van der Waals surface area contributed by atoms with E-state index in [0.29, 0.717) is 5.69 Å². The van der Waals surface area contributed by atoms with Gasteiger partial charge in [0.25, 0.3) is 0 Å². The predicted molar refractivity (Wildman–Crippen MR) is 63.8 cm³/mol. The number of nitrogens with one attached hydrogen (secondary N) is 1. The van der Waals surface area contributed by atoms with Crippen LogP contribution in [0, 0.1) is 6.92 Å². The first-order chi connectivity index (χ1) is 9.43. The highest BCUT2D eigenvalue weighted by atomic mass is 19.3. The Morgan fingerprint density at radius 2 is 1.80 bits per heavy atom. The van der Waals surface area contributed by atoms with Gasteiger partial charge in [0.05, 0.1) is 11.4 Å². The number of H-pyrrole nitrogens is 1. The molecule has 2 rings (SSSR count). The lowest BCUT2D eigenvalue weighted by Crippen LogP contribution is -2.24. The number of halogens is 4. The summed E-state index contributed by atoms with van der Waals surface area (Å²) in [5, 5.41) is 12.8. The Labute approximate surface area is 111 Å². The van der Waals surface area contributed by atoms with Gasteiger partial charge in [0.15, 0.2) is 5.69 Å². The maximum absolute atomic E-state index is 13.3. The summed E-state index contributed by atoms with van der Waals surface area (Å²) in [6, 6.07) is 8.32. The molecule has 0 radical (unpaired) electrons. The molecule has 2 aromatic rings. The van der Waals surface area contributed by atoms with Crippen molar-refractivity contribution in [1.29, 1.82) is 0 Å². The van der Waals surface area contributed by atoms with Gasteiger partial charge in [0, 0.05) is 0 Å². The number of rotatable bonds is 4. The van der Waals surface area contributed by atoms with Crippen molar-refractivity contribution in [3.8, 4) is 0 Å². The predicted octanol–water partition coefficient (Wildman–Crippen LogP) is 4.49. The average molecular weight is 286 g/mol. The van der Waals surface area contributed by atoms with E-state index in [1.54, 1.807) is 30.3 Å². The van der Waals surface area contributed by atoms with Crippen LogP contribution in [0.1, 0.15) is 11.4 Å². The highest BCUT2D eigenvalue weighted by Gasteiger charge is 2.47. The topological polar surface area (TPSA) is 53.4 Å². The second-order valence-electron chi connectivity index (χ2n) is 4.01. The summed E-state index contributed by atoms with van der Waals surface area (Å²) in [7, 11) is 0. The van der Waals surface area contributed by atoms with E-state index in [0.717, 1.165) is 0 Å².